The second-order valence-corrected chi connectivity index (χ2v) is 4.85. The minimum atomic E-state index is -1.08. The van der Waals surface area contributed by atoms with Crippen molar-refractivity contribution >= 4 is 12.0 Å². The Labute approximate surface area is 116 Å². The predicted molar refractivity (Wildman–Crippen MR) is 72.1 cm³/mol. The van der Waals surface area contributed by atoms with Crippen LogP contribution in [-0.4, -0.2) is 29.9 Å². The number of ether oxygens (including phenoxy) is 2. The number of aliphatic carboxylic acids is 1. The second kappa shape index (κ2) is 6.52. The van der Waals surface area contributed by atoms with Crippen LogP contribution in [0.25, 0.3) is 6.08 Å². The molecular formula is C15H17FO4. The zero-order chi connectivity index (χ0) is 14.5. The summed E-state index contributed by atoms with van der Waals surface area (Å²) < 4.78 is 24.6. The molecule has 0 spiro atoms. The second-order valence-electron chi connectivity index (χ2n) is 4.85. The molecule has 1 aliphatic heterocycles. The molecule has 1 N–H and O–H groups in total. The largest absolute Gasteiger partial charge is 0.491 e. The summed E-state index contributed by atoms with van der Waals surface area (Å²) >= 11 is 0. The standard InChI is InChI=1S/C15H17FO4/c1-10-2-4-13(20-10)9-19-14-7-11(3-5-15(17)18)6-12(16)8-14/h3,5-8,10,13H,2,4,9H2,1H3,(H,17,18)/b5-3+. The number of halogens is 1. The minimum absolute atomic E-state index is 0.0336. The number of hydrogen-bond acceptors (Lipinski definition) is 3. The van der Waals surface area contributed by atoms with Crippen LogP contribution in [0.5, 0.6) is 5.75 Å². The van der Waals surface area contributed by atoms with E-state index in [1.165, 1.54) is 18.2 Å². The van der Waals surface area contributed by atoms with Gasteiger partial charge in [-0.25, -0.2) is 9.18 Å². The molecule has 108 valence electrons. The average molecular weight is 280 g/mol. The van der Waals surface area contributed by atoms with Crippen LogP contribution in [0.1, 0.15) is 25.3 Å². The van der Waals surface area contributed by atoms with E-state index < -0.39 is 11.8 Å². The van der Waals surface area contributed by atoms with Gasteiger partial charge in [0.2, 0.25) is 0 Å². The molecule has 2 unspecified atom stereocenters. The van der Waals surface area contributed by atoms with Gasteiger partial charge in [0, 0.05) is 12.1 Å². The number of carboxylic acid groups (broad SMARTS) is 1. The van der Waals surface area contributed by atoms with Crippen molar-refractivity contribution in [2.45, 2.75) is 32.0 Å². The van der Waals surface area contributed by atoms with Crippen molar-refractivity contribution in [3.8, 4) is 5.75 Å². The molecule has 0 amide bonds. The lowest BCUT2D eigenvalue weighted by Gasteiger charge is -2.13. The maximum atomic E-state index is 13.4. The molecule has 0 radical (unpaired) electrons. The fourth-order valence-electron chi connectivity index (χ4n) is 2.13. The van der Waals surface area contributed by atoms with Gasteiger partial charge in [0.1, 0.15) is 18.2 Å². The quantitative estimate of drug-likeness (QED) is 0.843. The van der Waals surface area contributed by atoms with Crippen molar-refractivity contribution in [2.24, 2.45) is 0 Å². The molecule has 1 aliphatic rings. The third-order valence-electron chi connectivity index (χ3n) is 3.07. The van der Waals surface area contributed by atoms with Gasteiger partial charge in [0.15, 0.2) is 0 Å². The molecule has 0 aliphatic carbocycles. The average Bonchev–Trinajstić information content (AvgIpc) is 2.79. The Hall–Kier alpha value is -1.88. The van der Waals surface area contributed by atoms with Gasteiger partial charge in [0.25, 0.3) is 0 Å². The number of hydrogen-bond donors (Lipinski definition) is 1. The summed E-state index contributed by atoms with van der Waals surface area (Å²) in [7, 11) is 0. The molecule has 2 atom stereocenters. The molecule has 20 heavy (non-hydrogen) atoms. The van der Waals surface area contributed by atoms with E-state index in [1.807, 2.05) is 6.92 Å². The van der Waals surface area contributed by atoms with Gasteiger partial charge in [-0.3, -0.25) is 0 Å². The summed E-state index contributed by atoms with van der Waals surface area (Å²) in [5, 5.41) is 8.56. The molecule has 5 heteroatoms. The van der Waals surface area contributed by atoms with Crippen molar-refractivity contribution in [1.82, 2.24) is 0 Å². The highest BCUT2D eigenvalue weighted by Crippen LogP contribution is 2.22. The maximum Gasteiger partial charge on any atom is 0.328 e. The molecule has 0 bridgehead atoms. The summed E-state index contributed by atoms with van der Waals surface area (Å²) in [6.45, 7) is 2.38. The maximum absolute atomic E-state index is 13.4. The Morgan fingerprint density at radius 1 is 1.50 bits per heavy atom. The Morgan fingerprint density at radius 2 is 2.30 bits per heavy atom. The molecule has 4 nitrogen and oxygen atoms in total. The summed E-state index contributed by atoms with van der Waals surface area (Å²) in [4.78, 5) is 10.4. The topological polar surface area (TPSA) is 55.8 Å². The van der Waals surface area contributed by atoms with Gasteiger partial charge in [-0.1, -0.05) is 0 Å². The van der Waals surface area contributed by atoms with Crippen molar-refractivity contribution in [3.05, 3.63) is 35.7 Å². The number of rotatable bonds is 5. The normalized spacial score (nSPS) is 22.3. The van der Waals surface area contributed by atoms with Gasteiger partial charge >= 0.3 is 5.97 Å². The number of benzene rings is 1. The van der Waals surface area contributed by atoms with Gasteiger partial charge in [0.05, 0.1) is 12.2 Å². The fraction of sp³-hybridized carbons (Fsp3) is 0.400. The Morgan fingerprint density at radius 3 is 2.95 bits per heavy atom. The van der Waals surface area contributed by atoms with E-state index in [9.17, 15) is 9.18 Å². The Kier molecular flexibility index (Phi) is 4.74. The first kappa shape index (κ1) is 14.5. The molecule has 0 saturated carbocycles. The SMILES string of the molecule is CC1CCC(COc2cc(F)cc(/C=C/C(=O)O)c2)O1. The van der Waals surface area contributed by atoms with Gasteiger partial charge < -0.3 is 14.6 Å². The molecule has 1 fully saturated rings. The summed E-state index contributed by atoms with van der Waals surface area (Å²) in [6, 6.07) is 4.12. The van der Waals surface area contributed by atoms with Crippen molar-refractivity contribution in [1.29, 1.82) is 0 Å². The van der Waals surface area contributed by atoms with E-state index >= 15 is 0 Å². The van der Waals surface area contributed by atoms with Crippen LogP contribution >= 0.6 is 0 Å². The summed E-state index contributed by atoms with van der Waals surface area (Å²) in [5.74, 6) is -1.17. The first-order chi connectivity index (χ1) is 9.52. The van der Waals surface area contributed by atoms with E-state index in [2.05, 4.69) is 0 Å². The molecular weight excluding hydrogens is 263 g/mol. The first-order valence-electron chi connectivity index (χ1n) is 6.53. The van der Waals surface area contributed by atoms with Gasteiger partial charge in [-0.15, -0.1) is 0 Å². The lowest BCUT2D eigenvalue weighted by atomic mass is 10.2. The highest BCUT2D eigenvalue weighted by Gasteiger charge is 2.22. The van der Waals surface area contributed by atoms with Crippen LogP contribution in [0.4, 0.5) is 4.39 Å². The van der Waals surface area contributed by atoms with Crippen molar-refractivity contribution in [3.63, 3.8) is 0 Å². The monoisotopic (exact) mass is 280 g/mol. The molecule has 2 rings (SSSR count). The zero-order valence-electron chi connectivity index (χ0n) is 11.2. The van der Waals surface area contributed by atoms with Crippen molar-refractivity contribution in [2.75, 3.05) is 6.61 Å². The van der Waals surface area contributed by atoms with Crippen LogP contribution < -0.4 is 4.74 Å². The summed E-state index contributed by atoms with van der Waals surface area (Å²) in [6.07, 6.45) is 4.50. The predicted octanol–water partition coefficient (Wildman–Crippen LogP) is 2.87. The van der Waals surface area contributed by atoms with E-state index in [0.29, 0.717) is 17.9 Å². The minimum Gasteiger partial charge on any atom is -0.491 e. The van der Waals surface area contributed by atoms with Crippen LogP contribution in [0.15, 0.2) is 24.3 Å². The van der Waals surface area contributed by atoms with E-state index in [4.69, 9.17) is 14.6 Å². The lowest BCUT2D eigenvalue weighted by Crippen LogP contribution is -2.17. The van der Waals surface area contributed by atoms with E-state index in [-0.39, 0.29) is 12.2 Å². The number of carbonyl (C=O) groups is 1. The molecule has 1 aromatic carbocycles. The van der Waals surface area contributed by atoms with Crippen LogP contribution in [-0.2, 0) is 9.53 Å². The van der Waals surface area contributed by atoms with E-state index in [0.717, 1.165) is 18.9 Å². The van der Waals surface area contributed by atoms with Crippen LogP contribution in [0, 0.1) is 5.82 Å². The lowest BCUT2D eigenvalue weighted by molar-refractivity contribution is -0.131. The van der Waals surface area contributed by atoms with Crippen molar-refractivity contribution < 1.29 is 23.8 Å². The van der Waals surface area contributed by atoms with Gasteiger partial charge in [-0.2, -0.15) is 0 Å². The van der Waals surface area contributed by atoms with Gasteiger partial charge in [-0.05, 0) is 43.5 Å². The Balaban J connectivity index is 1.98. The Bertz CT molecular complexity index is 513. The highest BCUT2D eigenvalue weighted by atomic mass is 19.1. The van der Waals surface area contributed by atoms with Crippen LogP contribution in [0.3, 0.4) is 0 Å². The highest BCUT2D eigenvalue weighted by molar-refractivity contribution is 5.85. The molecule has 1 aromatic rings. The molecule has 0 aromatic heterocycles. The fourth-order valence-corrected chi connectivity index (χ4v) is 2.13. The molecule has 1 heterocycles. The third-order valence-corrected chi connectivity index (χ3v) is 3.07. The third kappa shape index (κ3) is 4.35. The number of carboxylic acids is 1. The smallest absolute Gasteiger partial charge is 0.328 e. The first-order valence-corrected chi connectivity index (χ1v) is 6.53. The molecule has 1 saturated heterocycles. The van der Waals surface area contributed by atoms with Crippen LogP contribution in [0.2, 0.25) is 0 Å². The summed E-state index contributed by atoms with van der Waals surface area (Å²) in [5.41, 5.74) is 0.447. The zero-order valence-corrected chi connectivity index (χ0v) is 11.2. The van der Waals surface area contributed by atoms with E-state index in [1.54, 1.807) is 6.07 Å².